The lowest BCUT2D eigenvalue weighted by atomic mass is 10.1. The summed E-state index contributed by atoms with van der Waals surface area (Å²) in [5, 5.41) is 0. The van der Waals surface area contributed by atoms with E-state index in [4.69, 9.17) is 5.73 Å². The van der Waals surface area contributed by atoms with Gasteiger partial charge in [-0.05, 0) is 30.2 Å². The molecule has 2 N–H and O–H groups in total. The van der Waals surface area contributed by atoms with E-state index in [1.807, 2.05) is 0 Å². The molecule has 1 aromatic carbocycles. The van der Waals surface area contributed by atoms with E-state index < -0.39 is 6.36 Å². The fourth-order valence-electron chi connectivity index (χ4n) is 1.13. The normalized spacial score (nSPS) is 11.2. The molecule has 0 aromatic heterocycles. The van der Waals surface area contributed by atoms with Gasteiger partial charge in [0.05, 0.1) is 0 Å². The van der Waals surface area contributed by atoms with E-state index in [1.165, 1.54) is 12.1 Å². The molecule has 0 amide bonds. The van der Waals surface area contributed by atoms with Crippen LogP contribution in [0, 0.1) is 0 Å². The SMILES string of the molecule is C=C(C)c1ccc(OC(F)(F)F)cc1N. The molecule has 0 bridgehead atoms. The first-order valence-electron chi connectivity index (χ1n) is 4.11. The molecule has 0 radical (unpaired) electrons. The van der Waals surface area contributed by atoms with Crippen molar-refractivity contribution in [3.63, 3.8) is 0 Å². The minimum atomic E-state index is -4.70. The first-order valence-corrected chi connectivity index (χ1v) is 4.11. The molecule has 82 valence electrons. The lowest BCUT2D eigenvalue weighted by molar-refractivity contribution is -0.274. The largest absolute Gasteiger partial charge is 0.573 e. The van der Waals surface area contributed by atoms with Gasteiger partial charge in [-0.1, -0.05) is 6.58 Å². The van der Waals surface area contributed by atoms with Crippen molar-refractivity contribution < 1.29 is 17.9 Å². The van der Waals surface area contributed by atoms with E-state index in [1.54, 1.807) is 6.92 Å². The van der Waals surface area contributed by atoms with Crippen molar-refractivity contribution in [3.05, 3.63) is 30.3 Å². The number of halogens is 3. The number of ether oxygens (including phenoxy) is 1. The number of rotatable bonds is 2. The molecule has 0 aliphatic carbocycles. The zero-order valence-electron chi connectivity index (χ0n) is 8.06. The highest BCUT2D eigenvalue weighted by atomic mass is 19.4. The van der Waals surface area contributed by atoms with Gasteiger partial charge in [0, 0.05) is 11.8 Å². The summed E-state index contributed by atoms with van der Waals surface area (Å²) in [6, 6.07) is 3.77. The van der Waals surface area contributed by atoms with Crippen LogP contribution in [0.1, 0.15) is 12.5 Å². The Balaban J connectivity index is 2.97. The molecule has 0 aliphatic rings. The van der Waals surface area contributed by atoms with Gasteiger partial charge in [-0.3, -0.25) is 0 Å². The minimum absolute atomic E-state index is 0.212. The molecule has 0 aliphatic heterocycles. The van der Waals surface area contributed by atoms with E-state index >= 15 is 0 Å². The van der Waals surface area contributed by atoms with Gasteiger partial charge in [0.2, 0.25) is 0 Å². The zero-order valence-corrected chi connectivity index (χ0v) is 8.06. The average molecular weight is 217 g/mol. The summed E-state index contributed by atoms with van der Waals surface area (Å²) in [4.78, 5) is 0. The van der Waals surface area contributed by atoms with Gasteiger partial charge >= 0.3 is 6.36 Å². The number of alkyl halides is 3. The molecule has 0 unspecified atom stereocenters. The Labute approximate surface area is 85.2 Å². The molecule has 2 nitrogen and oxygen atoms in total. The van der Waals surface area contributed by atoms with Crippen LogP contribution in [0.4, 0.5) is 18.9 Å². The Morgan fingerprint density at radius 1 is 1.40 bits per heavy atom. The van der Waals surface area contributed by atoms with Crippen molar-refractivity contribution in [2.24, 2.45) is 0 Å². The second-order valence-corrected chi connectivity index (χ2v) is 3.08. The lowest BCUT2D eigenvalue weighted by Gasteiger charge is -2.11. The monoisotopic (exact) mass is 217 g/mol. The maximum atomic E-state index is 11.9. The number of allylic oxidation sites excluding steroid dienone is 1. The molecule has 1 rings (SSSR count). The van der Waals surface area contributed by atoms with E-state index in [-0.39, 0.29) is 11.4 Å². The van der Waals surface area contributed by atoms with Crippen LogP contribution < -0.4 is 10.5 Å². The van der Waals surface area contributed by atoms with Crippen molar-refractivity contribution in [1.82, 2.24) is 0 Å². The number of hydrogen-bond acceptors (Lipinski definition) is 2. The number of nitrogen functional groups attached to an aromatic ring is 1. The third kappa shape index (κ3) is 3.19. The molecule has 15 heavy (non-hydrogen) atoms. The van der Waals surface area contributed by atoms with E-state index in [0.717, 1.165) is 6.07 Å². The Bertz CT molecular complexity index is 385. The minimum Gasteiger partial charge on any atom is -0.406 e. The third-order valence-electron chi connectivity index (χ3n) is 1.72. The Hall–Kier alpha value is -1.65. The lowest BCUT2D eigenvalue weighted by Crippen LogP contribution is -2.17. The Kier molecular flexibility index (Phi) is 2.93. The molecular formula is C10H10F3NO. The summed E-state index contributed by atoms with van der Waals surface area (Å²) in [6.45, 7) is 5.37. The fourth-order valence-corrected chi connectivity index (χ4v) is 1.13. The second kappa shape index (κ2) is 3.84. The molecule has 0 spiro atoms. The Morgan fingerprint density at radius 2 is 2.00 bits per heavy atom. The molecule has 1 aromatic rings. The van der Waals surface area contributed by atoms with Crippen molar-refractivity contribution in [3.8, 4) is 5.75 Å². The van der Waals surface area contributed by atoms with E-state index in [9.17, 15) is 13.2 Å². The van der Waals surface area contributed by atoms with Crippen LogP contribution in [0.5, 0.6) is 5.75 Å². The summed E-state index contributed by atoms with van der Waals surface area (Å²) in [5.74, 6) is -0.329. The maximum absolute atomic E-state index is 11.9. The number of nitrogens with two attached hydrogens (primary N) is 1. The van der Waals surface area contributed by atoms with Crippen LogP contribution in [-0.2, 0) is 0 Å². The maximum Gasteiger partial charge on any atom is 0.573 e. The van der Waals surface area contributed by atoms with Crippen LogP contribution in [0.2, 0.25) is 0 Å². The van der Waals surface area contributed by atoms with Gasteiger partial charge in [0.25, 0.3) is 0 Å². The van der Waals surface area contributed by atoms with Gasteiger partial charge < -0.3 is 10.5 Å². The standard InChI is InChI=1S/C10H10F3NO/c1-6(2)8-4-3-7(5-9(8)14)15-10(11,12)13/h3-5H,1,14H2,2H3. The van der Waals surface area contributed by atoms with E-state index in [0.29, 0.717) is 11.1 Å². The van der Waals surface area contributed by atoms with Gasteiger partial charge in [-0.25, -0.2) is 0 Å². The Morgan fingerprint density at radius 3 is 2.40 bits per heavy atom. The van der Waals surface area contributed by atoms with Crippen molar-refractivity contribution in [1.29, 1.82) is 0 Å². The molecule has 5 heteroatoms. The number of anilines is 1. The highest BCUT2D eigenvalue weighted by Gasteiger charge is 2.31. The van der Waals surface area contributed by atoms with Gasteiger partial charge in [-0.2, -0.15) is 0 Å². The van der Waals surface area contributed by atoms with Crippen LogP contribution in [0.15, 0.2) is 24.8 Å². The van der Waals surface area contributed by atoms with Crippen LogP contribution >= 0.6 is 0 Å². The molecular weight excluding hydrogens is 207 g/mol. The first-order chi connectivity index (χ1) is 6.79. The molecule has 0 saturated carbocycles. The predicted octanol–water partition coefficient (Wildman–Crippen LogP) is 3.20. The van der Waals surface area contributed by atoms with Crippen LogP contribution in [0.3, 0.4) is 0 Å². The number of hydrogen-bond donors (Lipinski definition) is 1. The topological polar surface area (TPSA) is 35.2 Å². The first kappa shape index (κ1) is 11.4. The average Bonchev–Trinajstić information content (AvgIpc) is 1.99. The van der Waals surface area contributed by atoms with Crippen molar-refractivity contribution in [2.45, 2.75) is 13.3 Å². The molecule has 0 heterocycles. The predicted molar refractivity (Wildman–Crippen MR) is 52.2 cm³/mol. The third-order valence-corrected chi connectivity index (χ3v) is 1.72. The van der Waals surface area contributed by atoms with Gasteiger partial charge in [-0.15, -0.1) is 13.2 Å². The smallest absolute Gasteiger partial charge is 0.406 e. The van der Waals surface area contributed by atoms with Gasteiger partial charge in [0.1, 0.15) is 5.75 Å². The van der Waals surface area contributed by atoms with E-state index in [2.05, 4.69) is 11.3 Å². The number of benzene rings is 1. The van der Waals surface area contributed by atoms with Crippen LogP contribution in [0.25, 0.3) is 5.57 Å². The van der Waals surface area contributed by atoms with Crippen molar-refractivity contribution >= 4 is 11.3 Å². The molecule has 0 atom stereocenters. The summed E-state index contributed by atoms with van der Waals surface area (Å²) in [6.07, 6.45) is -4.70. The zero-order chi connectivity index (χ0) is 11.6. The summed E-state index contributed by atoms with van der Waals surface area (Å²) in [7, 11) is 0. The quantitative estimate of drug-likeness (QED) is 0.772. The van der Waals surface area contributed by atoms with Gasteiger partial charge in [0.15, 0.2) is 0 Å². The highest BCUT2D eigenvalue weighted by molar-refractivity contribution is 5.73. The van der Waals surface area contributed by atoms with Crippen molar-refractivity contribution in [2.75, 3.05) is 5.73 Å². The molecule has 0 fully saturated rings. The summed E-state index contributed by atoms with van der Waals surface area (Å²) in [5.41, 5.74) is 7.05. The second-order valence-electron chi connectivity index (χ2n) is 3.08. The fraction of sp³-hybridized carbons (Fsp3) is 0.200. The molecule has 0 saturated heterocycles. The summed E-state index contributed by atoms with van der Waals surface area (Å²) < 4.78 is 39.3. The summed E-state index contributed by atoms with van der Waals surface area (Å²) >= 11 is 0. The highest BCUT2D eigenvalue weighted by Crippen LogP contribution is 2.28. The van der Waals surface area contributed by atoms with Crippen LogP contribution in [-0.4, -0.2) is 6.36 Å².